The van der Waals surface area contributed by atoms with Crippen LogP contribution in [0, 0.1) is 5.92 Å². The summed E-state index contributed by atoms with van der Waals surface area (Å²) in [7, 11) is 0. The maximum Gasteiger partial charge on any atom is 0.127 e. The Kier molecular flexibility index (Phi) is 1.72. The molecule has 1 unspecified atom stereocenters. The summed E-state index contributed by atoms with van der Waals surface area (Å²) in [6.45, 7) is 3.99. The van der Waals surface area contributed by atoms with Crippen molar-refractivity contribution in [2.45, 2.75) is 19.3 Å². The number of carbonyl (C=O) groups excluding carboxylic acids is 1. The van der Waals surface area contributed by atoms with Crippen LogP contribution in [0.25, 0.3) is 0 Å². The Morgan fingerprint density at radius 3 is 3.17 bits per heavy atom. The highest BCUT2D eigenvalue weighted by Crippen LogP contribution is 2.39. The summed E-state index contributed by atoms with van der Waals surface area (Å²) in [6, 6.07) is 0. The summed E-state index contributed by atoms with van der Waals surface area (Å²) in [5.74, 6) is 0.137. The van der Waals surface area contributed by atoms with Gasteiger partial charge in [-0.15, -0.1) is 0 Å². The van der Waals surface area contributed by atoms with E-state index >= 15 is 0 Å². The van der Waals surface area contributed by atoms with Gasteiger partial charge in [-0.05, 0) is 36.0 Å². The van der Waals surface area contributed by atoms with Crippen molar-refractivity contribution < 1.29 is 4.79 Å². The molecule has 12 heavy (non-hydrogen) atoms. The highest BCUT2D eigenvalue weighted by Gasteiger charge is 2.26. The second kappa shape index (κ2) is 2.74. The molecule has 0 aromatic carbocycles. The molecular formula is C11H12O. The zero-order chi connectivity index (χ0) is 8.55. The molecule has 0 aliphatic heterocycles. The zero-order valence-electron chi connectivity index (χ0n) is 7.05. The molecule has 1 atom stereocenters. The fourth-order valence-corrected chi connectivity index (χ4v) is 2.08. The molecule has 0 fully saturated rings. The standard InChI is InChI=1S/C11H12O/c1-8-3-2-4-9-5-6-10(7-12)11(8)9/h2,4,7,10H,1,3,5-6H2. The van der Waals surface area contributed by atoms with Gasteiger partial charge in [0, 0.05) is 5.92 Å². The molecule has 62 valence electrons. The molecule has 1 nitrogen and oxygen atoms in total. The van der Waals surface area contributed by atoms with E-state index in [0.29, 0.717) is 0 Å². The van der Waals surface area contributed by atoms with E-state index in [1.165, 1.54) is 11.1 Å². The lowest BCUT2D eigenvalue weighted by Gasteiger charge is -2.14. The van der Waals surface area contributed by atoms with Crippen molar-refractivity contribution in [2.75, 3.05) is 0 Å². The molecular weight excluding hydrogens is 148 g/mol. The lowest BCUT2D eigenvalue weighted by Crippen LogP contribution is -2.04. The van der Waals surface area contributed by atoms with Crippen molar-refractivity contribution in [3.8, 4) is 0 Å². The first-order chi connectivity index (χ1) is 5.83. The molecule has 0 radical (unpaired) electrons. The van der Waals surface area contributed by atoms with Crippen LogP contribution in [0.3, 0.4) is 0 Å². The molecule has 0 saturated heterocycles. The van der Waals surface area contributed by atoms with Crippen molar-refractivity contribution in [3.05, 3.63) is 35.5 Å². The Bertz CT molecular complexity index is 294. The average molecular weight is 160 g/mol. The first kappa shape index (κ1) is 7.53. The molecule has 0 saturated carbocycles. The van der Waals surface area contributed by atoms with Crippen LogP contribution in [0.1, 0.15) is 19.3 Å². The second-order valence-corrected chi connectivity index (χ2v) is 3.43. The monoisotopic (exact) mass is 160 g/mol. The van der Waals surface area contributed by atoms with Crippen molar-refractivity contribution in [2.24, 2.45) is 5.92 Å². The Morgan fingerprint density at radius 1 is 1.58 bits per heavy atom. The lowest BCUT2D eigenvalue weighted by molar-refractivity contribution is -0.110. The quantitative estimate of drug-likeness (QED) is 0.538. The van der Waals surface area contributed by atoms with Crippen molar-refractivity contribution in [1.82, 2.24) is 0 Å². The van der Waals surface area contributed by atoms with E-state index in [1.807, 2.05) is 0 Å². The van der Waals surface area contributed by atoms with Gasteiger partial charge in [0.1, 0.15) is 6.29 Å². The molecule has 2 aliphatic rings. The largest absolute Gasteiger partial charge is 0.303 e. The van der Waals surface area contributed by atoms with Gasteiger partial charge < -0.3 is 4.79 Å². The Morgan fingerprint density at radius 2 is 2.42 bits per heavy atom. The smallest absolute Gasteiger partial charge is 0.127 e. The molecule has 2 aliphatic carbocycles. The molecule has 0 N–H and O–H groups in total. The predicted octanol–water partition coefficient (Wildman–Crippen LogP) is 2.41. The predicted molar refractivity (Wildman–Crippen MR) is 48.7 cm³/mol. The van der Waals surface area contributed by atoms with Crippen LogP contribution in [0.4, 0.5) is 0 Å². The minimum Gasteiger partial charge on any atom is -0.303 e. The summed E-state index contributed by atoms with van der Waals surface area (Å²) >= 11 is 0. The number of rotatable bonds is 1. The number of hydrogen-bond acceptors (Lipinski definition) is 1. The topological polar surface area (TPSA) is 17.1 Å². The van der Waals surface area contributed by atoms with E-state index in [-0.39, 0.29) is 5.92 Å². The van der Waals surface area contributed by atoms with Gasteiger partial charge in [0.15, 0.2) is 0 Å². The molecule has 0 aromatic rings. The van der Waals surface area contributed by atoms with Gasteiger partial charge in [0.25, 0.3) is 0 Å². The van der Waals surface area contributed by atoms with Crippen molar-refractivity contribution >= 4 is 6.29 Å². The third-order valence-corrected chi connectivity index (χ3v) is 2.67. The summed E-state index contributed by atoms with van der Waals surface area (Å²) in [5.41, 5.74) is 3.71. The zero-order valence-corrected chi connectivity index (χ0v) is 7.05. The molecule has 2 rings (SSSR count). The maximum absolute atomic E-state index is 10.7. The maximum atomic E-state index is 10.7. The van der Waals surface area contributed by atoms with Crippen molar-refractivity contribution in [1.29, 1.82) is 0 Å². The molecule has 0 heterocycles. The van der Waals surface area contributed by atoms with Gasteiger partial charge in [-0.2, -0.15) is 0 Å². The molecule has 0 aromatic heterocycles. The highest BCUT2D eigenvalue weighted by atomic mass is 16.1. The first-order valence-corrected chi connectivity index (χ1v) is 4.36. The number of carbonyl (C=O) groups is 1. The van der Waals surface area contributed by atoms with E-state index in [1.54, 1.807) is 0 Å². The van der Waals surface area contributed by atoms with Crippen LogP contribution in [0.5, 0.6) is 0 Å². The Labute approximate surface area is 72.5 Å². The molecule has 0 bridgehead atoms. The van der Waals surface area contributed by atoms with Gasteiger partial charge in [-0.25, -0.2) is 0 Å². The third-order valence-electron chi connectivity index (χ3n) is 2.67. The van der Waals surface area contributed by atoms with E-state index < -0.39 is 0 Å². The SMILES string of the molecule is C=C1CC=CC2=C1C(C=O)CC2. The van der Waals surface area contributed by atoms with Crippen LogP contribution in [-0.4, -0.2) is 6.29 Å². The van der Waals surface area contributed by atoms with Crippen LogP contribution >= 0.6 is 0 Å². The van der Waals surface area contributed by atoms with E-state index in [9.17, 15) is 4.79 Å². The first-order valence-electron chi connectivity index (χ1n) is 4.36. The van der Waals surface area contributed by atoms with Gasteiger partial charge in [-0.3, -0.25) is 0 Å². The number of aldehydes is 1. The molecule has 1 heteroatoms. The molecule has 0 amide bonds. The van der Waals surface area contributed by atoms with Gasteiger partial charge in [-0.1, -0.05) is 18.7 Å². The Balaban J connectivity index is 2.40. The summed E-state index contributed by atoms with van der Waals surface area (Å²) in [5, 5.41) is 0. The average Bonchev–Trinajstić information content (AvgIpc) is 2.49. The summed E-state index contributed by atoms with van der Waals surface area (Å²) in [6.07, 6.45) is 8.30. The fourth-order valence-electron chi connectivity index (χ4n) is 2.08. The van der Waals surface area contributed by atoms with E-state index in [0.717, 1.165) is 31.1 Å². The van der Waals surface area contributed by atoms with Crippen LogP contribution in [-0.2, 0) is 4.79 Å². The highest BCUT2D eigenvalue weighted by molar-refractivity contribution is 5.66. The Hall–Kier alpha value is -1.11. The summed E-state index contributed by atoms with van der Waals surface area (Å²) in [4.78, 5) is 10.7. The van der Waals surface area contributed by atoms with E-state index in [2.05, 4.69) is 18.7 Å². The lowest BCUT2D eigenvalue weighted by atomic mass is 9.90. The number of hydrogen-bond donors (Lipinski definition) is 0. The van der Waals surface area contributed by atoms with Gasteiger partial charge >= 0.3 is 0 Å². The second-order valence-electron chi connectivity index (χ2n) is 3.43. The number of allylic oxidation sites excluding steroid dienone is 5. The van der Waals surface area contributed by atoms with Crippen LogP contribution < -0.4 is 0 Å². The normalized spacial score (nSPS) is 27.7. The van der Waals surface area contributed by atoms with Gasteiger partial charge in [0.2, 0.25) is 0 Å². The molecule has 0 spiro atoms. The fraction of sp³-hybridized carbons (Fsp3) is 0.364. The third kappa shape index (κ3) is 0.970. The van der Waals surface area contributed by atoms with Crippen molar-refractivity contribution in [3.63, 3.8) is 0 Å². The van der Waals surface area contributed by atoms with Crippen LogP contribution in [0.2, 0.25) is 0 Å². The minimum absolute atomic E-state index is 0.137. The van der Waals surface area contributed by atoms with E-state index in [4.69, 9.17) is 0 Å². The van der Waals surface area contributed by atoms with Crippen LogP contribution in [0.15, 0.2) is 35.5 Å². The van der Waals surface area contributed by atoms with Gasteiger partial charge in [0.05, 0.1) is 0 Å². The summed E-state index contributed by atoms with van der Waals surface area (Å²) < 4.78 is 0. The minimum atomic E-state index is 0.137.